The summed E-state index contributed by atoms with van der Waals surface area (Å²) in [4.78, 5) is 13.5. The van der Waals surface area contributed by atoms with Gasteiger partial charge in [0, 0.05) is 5.56 Å². The molecule has 0 amide bonds. The highest BCUT2D eigenvalue weighted by atomic mass is 16.1. The van der Waals surface area contributed by atoms with E-state index in [9.17, 15) is 10.1 Å². The van der Waals surface area contributed by atoms with Crippen LogP contribution in [0.3, 0.4) is 0 Å². The van der Waals surface area contributed by atoms with E-state index in [1.54, 1.807) is 6.92 Å². The van der Waals surface area contributed by atoms with Crippen LogP contribution in [0.1, 0.15) is 47.7 Å². The summed E-state index contributed by atoms with van der Waals surface area (Å²) in [5, 5.41) is 13.5. The number of hydrogen-bond donors (Lipinski definition) is 1. The van der Waals surface area contributed by atoms with E-state index >= 15 is 0 Å². The first kappa shape index (κ1) is 17.9. The van der Waals surface area contributed by atoms with Gasteiger partial charge in [-0.15, -0.1) is 0 Å². The molecule has 0 aliphatic heterocycles. The fourth-order valence-corrected chi connectivity index (χ4v) is 2.69. The first-order valence-electron chi connectivity index (χ1n) is 8.22. The minimum atomic E-state index is -0.310. The normalized spacial score (nSPS) is 12.2. The number of nitrogens with zero attached hydrogens (tertiary/aromatic N) is 3. The second-order valence-electron chi connectivity index (χ2n) is 6.69. The Balaban J connectivity index is 2.16. The number of rotatable bonds is 5. The lowest BCUT2D eigenvalue weighted by Gasteiger charge is -2.16. The highest BCUT2D eigenvalue weighted by molar-refractivity contribution is 5.36. The zero-order valence-electron chi connectivity index (χ0n) is 15.1. The van der Waals surface area contributed by atoms with Crippen molar-refractivity contribution in [3.05, 3.63) is 62.6 Å². The molecule has 5 nitrogen and oxygen atoms in total. The standard InChI is InChI=1S/C19H24N4O/c1-13(2)17-8-6-16(7-9-17)11-22(5)12-23-19(24)18(10-20)14(3)15(4)21-23/h6-9,13H,11-12H2,1-5H3/p+1. The average Bonchev–Trinajstić information content (AvgIpc) is 2.53. The van der Waals surface area contributed by atoms with Crippen LogP contribution in [0.2, 0.25) is 0 Å². The molecule has 0 aliphatic carbocycles. The molecule has 1 aromatic carbocycles. The summed E-state index contributed by atoms with van der Waals surface area (Å²) in [5.74, 6) is 0.520. The van der Waals surface area contributed by atoms with E-state index in [2.05, 4.69) is 43.2 Å². The summed E-state index contributed by atoms with van der Waals surface area (Å²) < 4.78 is 1.40. The number of nitriles is 1. The molecular formula is C19H25N4O+. The largest absolute Gasteiger partial charge is 0.315 e. The van der Waals surface area contributed by atoms with Gasteiger partial charge < -0.3 is 4.90 Å². The van der Waals surface area contributed by atoms with Gasteiger partial charge in [-0.3, -0.25) is 4.79 Å². The van der Waals surface area contributed by atoms with E-state index in [-0.39, 0.29) is 11.1 Å². The van der Waals surface area contributed by atoms with Gasteiger partial charge in [-0.05, 0) is 30.9 Å². The molecule has 1 atom stereocenters. The van der Waals surface area contributed by atoms with Crippen molar-refractivity contribution >= 4 is 0 Å². The van der Waals surface area contributed by atoms with Crippen LogP contribution >= 0.6 is 0 Å². The van der Waals surface area contributed by atoms with Crippen LogP contribution in [0, 0.1) is 25.2 Å². The Bertz CT molecular complexity index is 813. The van der Waals surface area contributed by atoms with Crippen molar-refractivity contribution in [1.82, 2.24) is 9.78 Å². The summed E-state index contributed by atoms with van der Waals surface area (Å²) in [5.41, 5.74) is 3.81. The predicted molar refractivity (Wildman–Crippen MR) is 93.8 cm³/mol. The van der Waals surface area contributed by atoms with Crippen molar-refractivity contribution in [2.24, 2.45) is 0 Å². The molecule has 0 spiro atoms. The van der Waals surface area contributed by atoms with Gasteiger partial charge in [0.1, 0.15) is 18.2 Å². The lowest BCUT2D eigenvalue weighted by atomic mass is 10.0. The lowest BCUT2D eigenvalue weighted by Crippen LogP contribution is -3.07. The molecule has 126 valence electrons. The molecule has 24 heavy (non-hydrogen) atoms. The van der Waals surface area contributed by atoms with Gasteiger partial charge in [-0.1, -0.05) is 38.1 Å². The zero-order chi connectivity index (χ0) is 17.9. The maximum atomic E-state index is 12.3. The maximum Gasteiger partial charge on any atom is 0.289 e. The molecule has 0 aliphatic rings. The Kier molecular flexibility index (Phi) is 5.53. The minimum Gasteiger partial charge on any atom is -0.315 e. The number of quaternary nitrogens is 1. The number of hydrogen-bond acceptors (Lipinski definition) is 3. The topological polar surface area (TPSA) is 63.1 Å². The van der Waals surface area contributed by atoms with Crippen LogP contribution in [0.4, 0.5) is 0 Å². The van der Waals surface area contributed by atoms with Crippen molar-refractivity contribution in [2.45, 2.75) is 46.8 Å². The summed E-state index contributed by atoms with van der Waals surface area (Å²) in [6, 6.07) is 10.6. The Labute approximate surface area is 143 Å². The number of benzene rings is 1. The molecular weight excluding hydrogens is 300 g/mol. The molecule has 0 fully saturated rings. The molecule has 1 unspecified atom stereocenters. The SMILES string of the molecule is Cc1nn(C[NH+](C)Cc2ccc(C(C)C)cc2)c(=O)c(C#N)c1C. The van der Waals surface area contributed by atoms with Gasteiger partial charge in [0.25, 0.3) is 5.56 Å². The van der Waals surface area contributed by atoms with Crippen molar-refractivity contribution in [3.8, 4) is 6.07 Å². The second-order valence-corrected chi connectivity index (χ2v) is 6.69. The Morgan fingerprint density at radius 2 is 1.88 bits per heavy atom. The molecule has 5 heteroatoms. The number of nitrogens with one attached hydrogen (secondary N) is 1. The van der Waals surface area contributed by atoms with Gasteiger partial charge in [0.2, 0.25) is 0 Å². The maximum absolute atomic E-state index is 12.3. The van der Waals surface area contributed by atoms with E-state index < -0.39 is 0 Å². The van der Waals surface area contributed by atoms with E-state index in [1.807, 2.05) is 20.0 Å². The van der Waals surface area contributed by atoms with Crippen molar-refractivity contribution < 1.29 is 4.90 Å². The van der Waals surface area contributed by atoms with E-state index in [0.29, 0.717) is 18.2 Å². The smallest absolute Gasteiger partial charge is 0.289 e. The van der Waals surface area contributed by atoms with Crippen LogP contribution in [0.5, 0.6) is 0 Å². The average molecular weight is 325 g/mol. The molecule has 1 aromatic heterocycles. The summed E-state index contributed by atoms with van der Waals surface area (Å²) in [6.45, 7) is 9.17. The Morgan fingerprint density at radius 3 is 2.42 bits per heavy atom. The van der Waals surface area contributed by atoms with Gasteiger partial charge in [0.05, 0.1) is 12.7 Å². The third kappa shape index (κ3) is 3.90. The van der Waals surface area contributed by atoms with Crippen LogP contribution in [0.15, 0.2) is 29.1 Å². The van der Waals surface area contributed by atoms with Crippen molar-refractivity contribution in [3.63, 3.8) is 0 Å². The van der Waals surface area contributed by atoms with Gasteiger partial charge >= 0.3 is 0 Å². The Hall–Kier alpha value is -2.45. The lowest BCUT2D eigenvalue weighted by molar-refractivity contribution is -0.917. The van der Waals surface area contributed by atoms with Crippen LogP contribution < -0.4 is 10.5 Å². The van der Waals surface area contributed by atoms with Gasteiger partial charge in [-0.25, -0.2) is 0 Å². The molecule has 0 radical (unpaired) electrons. The fourth-order valence-electron chi connectivity index (χ4n) is 2.69. The highest BCUT2D eigenvalue weighted by Gasteiger charge is 2.14. The Morgan fingerprint density at radius 1 is 1.25 bits per heavy atom. The number of aromatic nitrogens is 2. The van der Waals surface area contributed by atoms with Crippen molar-refractivity contribution in [1.29, 1.82) is 5.26 Å². The van der Waals surface area contributed by atoms with Gasteiger partial charge in [0.15, 0.2) is 6.67 Å². The molecule has 0 saturated carbocycles. The molecule has 2 aromatic rings. The zero-order valence-corrected chi connectivity index (χ0v) is 15.1. The third-order valence-corrected chi connectivity index (χ3v) is 4.32. The summed E-state index contributed by atoms with van der Waals surface area (Å²) in [7, 11) is 2.02. The first-order valence-corrected chi connectivity index (χ1v) is 8.22. The molecule has 0 saturated heterocycles. The molecule has 0 bridgehead atoms. The third-order valence-electron chi connectivity index (χ3n) is 4.32. The number of aryl methyl sites for hydroxylation is 1. The molecule has 2 rings (SSSR count). The van der Waals surface area contributed by atoms with Crippen LogP contribution in [-0.2, 0) is 13.2 Å². The van der Waals surface area contributed by atoms with Crippen LogP contribution in [-0.4, -0.2) is 16.8 Å². The summed E-state index contributed by atoms with van der Waals surface area (Å²) >= 11 is 0. The van der Waals surface area contributed by atoms with E-state index in [1.165, 1.54) is 15.8 Å². The minimum absolute atomic E-state index is 0.191. The van der Waals surface area contributed by atoms with E-state index in [0.717, 1.165) is 17.1 Å². The molecule has 1 N–H and O–H groups in total. The highest BCUT2D eigenvalue weighted by Crippen LogP contribution is 2.14. The first-order chi connectivity index (χ1) is 11.3. The predicted octanol–water partition coefficient (Wildman–Crippen LogP) is 1.53. The van der Waals surface area contributed by atoms with Crippen molar-refractivity contribution in [2.75, 3.05) is 7.05 Å². The van der Waals surface area contributed by atoms with Crippen LogP contribution in [0.25, 0.3) is 0 Å². The second kappa shape index (κ2) is 7.41. The quantitative estimate of drug-likeness (QED) is 0.907. The monoisotopic (exact) mass is 325 g/mol. The molecule has 1 heterocycles. The fraction of sp³-hybridized carbons (Fsp3) is 0.421. The van der Waals surface area contributed by atoms with E-state index in [4.69, 9.17) is 0 Å². The summed E-state index contributed by atoms with van der Waals surface area (Å²) in [6.07, 6.45) is 0. The van der Waals surface area contributed by atoms with Gasteiger partial charge in [-0.2, -0.15) is 15.0 Å².